The van der Waals surface area contributed by atoms with Gasteiger partial charge >= 0.3 is 0 Å². The fraction of sp³-hybridized carbons (Fsp3) is 0.176. The van der Waals surface area contributed by atoms with Crippen molar-refractivity contribution in [3.8, 4) is 5.95 Å². The summed E-state index contributed by atoms with van der Waals surface area (Å²) in [5.41, 5.74) is 0.974. The Hall–Kier alpha value is -2.87. The van der Waals surface area contributed by atoms with Gasteiger partial charge < -0.3 is 5.32 Å². The van der Waals surface area contributed by atoms with E-state index in [1.54, 1.807) is 29.8 Å². The Labute approximate surface area is 147 Å². The number of thiophene rings is 1. The van der Waals surface area contributed by atoms with Gasteiger partial charge in [0.1, 0.15) is 29.1 Å². The number of benzene rings is 1. The van der Waals surface area contributed by atoms with Crippen LogP contribution in [0, 0.1) is 5.82 Å². The van der Waals surface area contributed by atoms with Gasteiger partial charge in [-0.05, 0) is 30.2 Å². The predicted octanol–water partition coefficient (Wildman–Crippen LogP) is 3.59. The molecule has 0 fully saturated rings. The van der Waals surface area contributed by atoms with Gasteiger partial charge in [0.25, 0.3) is 5.95 Å². The molecule has 4 rings (SSSR count). The van der Waals surface area contributed by atoms with Crippen molar-refractivity contribution in [3.63, 3.8) is 0 Å². The SMILES string of the molecule is CCc1cc2c(NCc3ccc(F)cc3)nc(-n3cncn3)nc2s1. The molecule has 6 nitrogen and oxygen atoms in total. The number of nitrogens with one attached hydrogen (secondary N) is 1. The molecule has 0 aliphatic heterocycles. The van der Waals surface area contributed by atoms with Crippen molar-refractivity contribution in [1.29, 1.82) is 0 Å². The highest BCUT2D eigenvalue weighted by atomic mass is 32.1. The highest BCUT2D eigenvalue weighted by Gasteiger charge is 2.13. The molecule has 0 atom stereocenters. The predicted molar refractivity (Wildman–Crippen MR) is 95.4 cm³/mol. The van der Waals surface area contributed by atoms with E-state index >= 15 is 0 Å². The fourth-order valence-corrected chi connectivity index (χ4v) is 3.43. The Kier molecular flexibility index (Phi) is 4.10. The molecule has 3 heterocycles. The second-order valence-electron chi connectivity index (χ2n) is 5.48. The molecule has 0 amide bonds. The number of rotatable bonds is 5. The van der Waals surface area contributed by atoms with Gasteiger partial charge in [0.05, 0.1) is 5.39 Å². The van der Waals surface area contributed by atoms with Gasteiger partial charge in [-0.3, -0.25) is 0 Å². The third kappa shape index (κ3) is 3.20. The third-order valence-corrected chi connectivity index (χ3v) is 4.95. The Morgan fingerprint density at radius 3 is 2.76 bits per heavy atom. The molecule has 0 radical (unpaired) electrons. The van der Waals surface area contributed by atoms with Crippen LogP contribution in [0.3, 0.4) is 0 Å². The van der Waals surface area contributed by atoms with Crippen LogP contribution < -0.4 is 5.32 Å². The van der Waals surface area contributed by atoms with Crippen LogP contribution in [0.1, 0.15) is 17.4 Å². The summed E-state index contributed by atoms with van der Waals surface area (Å²) in [6.07, 6.45) is 3.96. The first-order chi connectivity index (χ1) is 12.2. The molecule has 0 saturated heterocycles. The molecule has 0 aliphatic rings. The van der Waals surface area contributed by atoms with Gasteiger partial charge in [-0.1, -0.05) is 19.1 Å². The van der Waals surface area contributed by atoms with Gasteiger partial charge in [0, 0.05) is 11.4 Å². The van der Waals surface area contributed by atoms with E-state index in [1.165, 1.54) is 28.0 Å². The molecule has 0 bridgehead atoms. The second-order valence-corrected chi connectivity index (χ2v) is 6.59. The monoisotopic (exact) mass is 354 g/mol. The molecule has 0 saturated carbocycles. The zero-order chi connectivity index (χ0) is 17.2. The minimum Gasteiger partial charge on any atom is -0.365 e. The number of fused-ring (bicyclic) bond motifs is 1. The molecule has 25 heavy (non-hydrogen) atoms. The Balaban J connectivity index is 1.72. The number of aromatic nitrogens is 5. The minimum absolute atomic E-state index is 0.243. The summed E-state index contributed by atoms with van der Waals surface area (Å²) in [7, 11) is 0. The number of halogens is 1. The summed E-state index contributed by atoms with van der Waals surface area (Å²) in [6, 6.07) is 8.52. The second kappa shape index (κ2) is 6.56. The quantitative estimate of drug-likeness (QED) is 0.593. The summed E-state index contributed by atoms with van der Waals surface area (Å²) in [6.45, 7) is 2.66. The van der Waals surface area contributed by atoms with E-state index in [9.17, 15) is 4.39 Å². The van der Waals surface area contributed by atoms with Crippen LogP contribution in [0.25, 0.3) is 16.2 Å². The van der Waals surface area contributed by atoms with Crippen LogP contribution in [0.2, 0.25) is 0 Å². The van der Waals surface area contributed by atoms with Crippen LogP contribution in [-0.4, -0.2) is 24.7 Å². The largest absolute Gasteiger partial charge is 0.365 e. The fourth-order valence-electron chi connectivity index (χ4n) is 2.47. The van der Waals surface area contributed by atoms with Crippen LogP contribution >= 0.6 is 11.3 Å². The lowest BCUT2D eigenvalue weighted by molar-refractivity contribution is 0.627. The van der Waals surface area contributed by atoms with Gasteiger partial charge in [0.2, 0.25) is 0 Å². The summed E-state index contributed by atoms with van der Waals surface area (Å²) in [5, 5.41) is 8.42. The summed E-state index contributed by atoms with van der Waals surface area (Å²) in [5.74, 6) is 0.957. The van der Waals surface area contributed by atoms with Crippen molar-refractivity contribution >= 4 is 27.4 Å². The van der Waals surface area contributed by atoms with Crippen molar-refractivity contribution in [2.75, 3.05) is 5.32 Å². The zero-order valence-electron chi connectivity index (χ0n) is 13.5. The zero-order valence-corrected chi connectivity index (χ0v) is 14.3. The van der Waals surface area contributed by atoms with Gasteiger partial charge in [-0.2, -0.15) is 19.7 Å². The average molecular weight is 354 g/mol. The molecular formula is C17H15FN6S. The van der Waals surface area contributed by atoms with E-state index in [2.05, 4.69) is 38.4 Å². The van der Waals surface area contributed by atoms with Crippen LogP contribution in [-0.2, 0) is 13.0 Å². The molecule has 126 valence electrons. The summed E-state index contributed by atoms with van der Waals surface area (Å²) in [4.78, 5) is 15.3. The Morgan fingerprint density at radius 1 is 1.20 bits per heavy atom. The molecule has 1 N–H and O–H groups in total. The highest BCUT2D eigenvalue weighted by molar-refractivity contribution is 7.18. The molecule has 0 unspecified atom stereocenters. The molecule has 3 aromatic heterocycles. The molecule has 1 aromatic carbocycles. The smallest absolute Gasteiger partial charge is 0.255 e. The minimum atomic E-state index is -0.243. The molecule has 8 heteroatoms. The van der Waals surface area contributed by atoms with Crippen molar-refractivity contribution in [2.24, 2.45) is 0 Å². The first-order valence-electron chi connectivity index (χ1n) is 7.86. The van der Waals surface area contributed by atoms with E-state index in [4.69, 9.17) is 0 Å². The average Bonchev–Trinajstić information content (AvgIpc) is 3.30. The standard InChI is InChI=1S/C17H15FN6S/c1-2-13-7-14-15(20-8-11-3-5-12(18)6-4-11)22-17(23-16(14)25-13)24-10-19-9-21-24/h3-7,9-10H,2,8H2,1H3,(H,20,22,23). The first kappa shape index (κ1) is 15.6. The van der Waals surface area contributed by atoms with E-state index in [-0.39, 0.29) is 5.82 Å². The first-order valence-corrected chi connectivity index (χ1v) is 8.68. The molecule has 0 aliphatic carbocycles. The molecule has 4 aromatic rings. The number of nitrogens with zero attached hydrogens (tertiary/aromatic N) is 5. The number of aryl methyl sites for hydroxylation is 1. The maximum absolute atomic E-state index is 13.1. The van der Waals surface area contributed by atoms with E-state index in [0.29, 0.717) is 12.5 Å². The molecular weight excluding hydrogens is 339 g/mol. The Bertz CT molecular complexity index is 994. The molecule has 0 spiro atoms. The third-order valence-electron chi connectivity index (χ3n) is 3.78. The van der Waals surface area contributed by atoms with Crippen LogP contribution in [0.4, 0.5) is 10.2 Å². The van der Waals surface area contributed by atoms with Gasteiger partial charge in [-0.15, -0.1) is 11.3 Å². The van der Waals surface area contributed by atoms with E-state index in [0.717, 1.165) is 28.0 Å². The highest BCUT2D eigenvalue weighted by Crippen LogP contribution is 2.30. The topological polar surface area (TPSA) is 68.5 Å². The summed E-state index contributed by atoms with van der Waals surface area (Å²) < 4.78 is 14.6. The van der Waals surface area contributed by atoms with Crippen molar-refractivity contribution in [2.45, 2.75) is 19.9 Å². The number of hydrogen-bond donors (Lipinski definition) is 1. The maximum Gasteiger partial charge on any atom is 0.255 e. The normalized spacial score (nSPS) is 11.1. The number of hydrogen-bond acceptors (Lipinski definition) is 6. The van der Waals surface area contributed by atoms with Crippen molar-refractivity contribution in [1.82, 2.24) is 24.7 Å². The lowest BCUT2D eigenvalue weighted by Crippen LogP contribution is -2.07. The van der Waals surface area contributed by atoms with Crippen molar-refractivity contribution < 1.29 is 4.39 Å². The van der Waals surface area contributed by atoms with Gasteiger partial charge in [-0.25, -0.2) is 9.37 Å². The van der Waals surface area contributed by atoms with Crippen LogP contribution in [0.5, 0.6) is 0 Å². The van der Waals surface area contributed by atoms with Crippen LogP contribution in [0.15, 0.2) is 43.0 Å². The van der Waals surface area contributed by atoms with Crippen molar-refractivity contribution in [3.05, 3.63) is 59.2 Å². The van der Waals surface area contributed by atoms with E-state index in [1.807, 2.05) is 0 Å². The lowest BCUT2D eigenvalue weighted by atomic mass is 10.2. The van der Waals surface area contributed by atoms with Gasteiger partial charge in [0.15, 0.2) is 0 Å². The maximum atomic E-state index is 13.1. The number of anilines is 1. The summed E-state index contributed by atoms with van der Waals surface area (Å²) >= 11 is 1.64. The van der Waals surface area contributed by atoms with E-state index < -0.39 is 0 Å². The Morgan fingerprint density at radius 2 is 2.04 bits per heavy atom. The lowest BCUT2D eigenvalue weighted by Gasteiger charge is -2.08.